The van der Waals surface area contributed by atoms with Crippen LogP contribution in [0.2, 0.25) is 5.02 Å². The minimum atomic E-state index is -0.0976. The van der Waals surface area contributed by atoms with E-state index in [1.807, 2.05) is 49.4 Å². The van der Waals surface area contributed by atoms with Crippen molar-refractivity contribution in [2.24, 2.45) is 10.7 Å². The third-order valence-electron chi connectivity index (χ3n) is 2.70. The predicted octanol–water partition coefficient (Wildman–Crippen LogP) is 4.15. The first-order chi connectivity index (χ1) is 10.1. The topological polar surface area (TPSA) is 59.6 Å². The molecular formula is C16H19ClIN3O. The van der Waals surface area contributed by atoms with Gasteiger partial charge in [-0.3, -0.25) is 0 Å². The summed E-state index contributed by atoms with van der Waals surface area (Å²) in [5.74, 6) is 1.09. The highest BCUT2D eigenvalue weighted by Gasteiger charge is 2.04. The number of rotatable bonds is 5. The van der Waals surface area contributed by atoms with E-state index in [9.17, 15) is 0 Å². The Balaban J connectivity index is 0.00000242. The molecule has 3 N–H and O–H groups in total. The van der Waals surface area contributed by atoms with Crippen LogP contribution >= 0.6 is 35.6 Å². The van der Waals surface area contributed by atoms with Gasteiger partial charge in [0.15, 0.2) is 5.96 Å². The summed E-state index contributed by atoms with van der Waals surface area (Å²) in [6.45, 7) is 2.39. The van der Waals surface area contributed by atoms with Crippen LogP contribution in [0, 0.1) is 0 Å². The molecule has 0 bridgehead atoms. The minimum Gasteiger partial charge on any atom is -0.489 e. The van der Waals surface area contributed by atoms with Crippen LogP contribution in [0.4, 0.5) is 5.69 Å². The number of nitrogens with zero attached hydrogens (tertiary/aromatic N) is 1. The Hall–Kier alpha value is -1.47. The zero-order valence-electron chi connectivity index (χ0n) is 12.2. The highest BCUT2D eigenvalue weighted by Crippen LogP contribution is 2.18. The molecule has 0 aliphatic heterocycles. The van der Waals surface area contributed by atoms with E-state index in [1.54, 1.807) is 12.1 Å². The van der Waals surface area contributed by atoms with Crippen molar-refractivity contribution in [1.29, 1.82) is 0 Å². The largest absolute Gasteiger partial charge is 0.489 e. The van der Waals surface area contributed by atoms with E-state index in [1.165, 1.54) is 0 Å². The van der Waals surface area contributed by atoms with Crippen LogP contribution in [0.3, 0.4) is 0 Å². The number of para-hydroxylation sites is 1. The lowest BCUT2D eigenvalue weighted by atomic mass is 10.3. The number of hydrogen-bond donors (Lipinski definition) is 2. The molecule has 0 heterocycles. The predicted molar refractivity (Wildman–Crippen MR) is 104 cm³/mol. The average Bonchev–Trinajstić information content (AvgIpc) is 2.46. The molecule has 22 heavy (non-hydrogen) atoms. The Kier molecular flexibility index (Phi) is 8.05. The van der Waals surface area contributed by atoms with Crippen molar-refractivity contribution < 1.29 is 4.74 Å². The minimum absolute atomic E-state index is 0. The molecule has 1 atom stereocenters. The van der Waals surface area contributed by atoms with Gasteiger partial charge in [0.1, 0.15) is 11.9 Å². The first kappa shape index (κ1) is 18.6. The molecule has 0 saturated heterocycles. The molecule has 2 aromatic rings. The second-order valence-corrected chi connectivity index (χ2v) is 5.04. The summed E-state index contributed by atoms with van der Waals surface area (Å²) in [4.78, 5) is 4.26. The molecule has 4 nitrogen and oxygen atoms in total. The van der Waals surface area contributed by atoms with Gasteiger partial charge in [-0.15, -0.1) is 24.0 Å². The molecule has 0 aromatic heterocycles. The van der Waals surface area contributed by atoms with Crippen LogP contribution in [0.5, 0.6) is 5.75 Å². The Labute approximate surface area is 152 Å². The van der Waals surface area contributed by atoms with E-state index in [-0.39, 0.29) is 30.1 Å². The van der Waals surface area contributed by atoms with Crippen molar-refractivity contribution in [3.8, 4) is 5.75 Å². The van der Waals surface area contributed by atoms with Crippen molar-refractivity contribution in [3.63, 3.8) is 0 Å². The van der Waals surface area contributed by atoms with Crippen LogP contribution in [0.15, 0.2) is 59.6 Å². The molecule has 0 fully saturated rings. The number of ether oxygens (including phenoxy) is 1. The van der Waals surface area contributed by atoms with Gasteiger partial charge in [-0.25, -0.2) is 4.99 Å². The number of halogens is 2. The fourth-order valence-electron chi connectivity index (χ4n) is 1.75. The van der Waals surface area contributed by atoms with Crippen LogP contribution in [0.25, 0.3) is 0 Å². The zero-order chi connectivity index (χ0) is 15.1. The highest BCUT2D eigenvalue weighted by molar-refractivity contribution is 14.0. The highest BCUT2D eigenvalue weighted by atomic mass is 127. The van der Waals surface area contributed by atoms with E-state index in [2.05, 4.69) is 10.3 Å². The second-order valence-electron chi connectivity index (χ2n) is 4.60. The summed E-state index contributed by atoms with van der Waals surface area (Å²) < 4.78 is 5.72. The standard InChI is InChI=1S/C16H18ClN3O.HI/c1-12(21-15-9-5-6-13(17)10-15)11-19-16(18)20-14-7-3-2-4-8-14;/h2-10,12H,11H2,1H3,(H3,18,19,20);1H. The first-order valence-corrected chi connectivity index (χ1v) is 7.05. The van der Waals surface area contributed by atoms with Crippen LogP contribution in [0.1, 0.15) is 6.92 Å². The second kappa shape index (κ2) is 9.53. The lowest BCUT2D eigenvalue weighted by molar-refractivity contribution is 0.230. The van der Waals surface area contributed by atoms with Gasteiger partial charge < -0.3 is 15.8 Å². The van der Waals surface area contributed by atoms with Crippen molar-refractivity contribution in [2.45, 2.75) is 13.0 Å². The first-order valence-electron chi connectivity index (χ1n) is 6.67. The molecule has 118 valence electrons. The number of benzene rings is 2. The van der Waals surface area contributed by atoms with Crippen molar-refractivity contribution in [1.82, 2.24) is 0 Å². The van der Waals surface area contributed by atoms with E-state index in [4.69, 9.17) is 22.1 Å². The number of nitrogens with one attached hydrogen (secondary N) is 1. The van der Waals surface area contributed by atoms with Gasteiger partial charge in [-0.1, -0.05) is 35.9 Å². The average molecular weight is 432 g/mol. The van der Waals surface area contributed by atoms with E-state index < -0.39 is 0 Å². The summed E-state index contributed by atoms with van der Waals surface area (Å²) in [7, 11) is 0. The van der Waals surface area contributed by atoms with E-state index in [0.29, 0.717) is 17.5 Å². The molecule has 0 aliphatic rings. The maximum atomic E-state index is 5.91. The van der Waals surface area contributed by atoms with Crippen molar-refractivity contribution >= 4 is 47.2 Å². The molecule has 0 amide bonds. The normalized spacial score (nSPS) is 12.2. The Morgan fingerprint density at radius 2 is 1.95 bits per heavy atom. The Morgan fingerprint density at radius 1 is 1.23 bits per heavy atom. The number of anilines is 1. The fourth-order valence-corrected chi connectivity index (χ4v) is 1.93. The maximum absolute atomic E-state index is 5.91. The molecule has 1 unspecified atom stereocenters. The Bertz CT molecular complexity index is 607. The summed E-state index contributed by atoms with van der Waals surface area (Å²) in [5.41, 5.74) is 6.74. The maximum Gasteiger partial charge on any atom is 0.193 e. The van der Waals surface area contributed by atoms with Crippen molar-refractivity contribution in [2.75, 3.05) is 11.9 Å². The summed E-state index contributed by atoms with van der Waals surface area (Å²) in [5, 5.41) is 3.67. The number of hydrogen-bond acceptors (Lipinski definition) is 2. The van der Waals surface area contributed by atoms with Gasteiger partial charge in [0.25, 0.3) is 0 Å². The summed E-state index contributed by atoms with van der Waals surface area (Å²) in [6.07, 6.45) is -0.0976. The number of aliphatic imine (C=N–C) groups is 1. The van der Waals surface area contributed by atoms with Crippen LogP contribution < -0.4 is 15.8 Å². The number of guanidine groups is 1. The zero-order valence-corrected chi connectivity index (χ0v) is 15.3. The van der Waals surface area contributed by atoms with Gasteiger partial charge in [-0.2, -0.15) is 0 Å². The van der Waals surface area contributed by atoms with E-state index in [0.717, 1.165) is 11.4 Å². The molecule has 0 saturated carbocycles. The van der Waals surface area contributed by atoms with Crippen molar-refractivity contribution in [3.05, 3.63) is 59.6 Å². The smallest absolute Gasteiger partial charge is 0.193 e. The quantitative estimate of drug-likeness (QED) is 0.425. The monoisotopic (exact) mass is 431 g/mol. The lowest BCUT2D eigenvalue weighted by Crippen LogP contribution is -2.25. The molecule has 0 spiro atoms. The van der Waals surface area contributed by atoms with Gasteiger partial charge >= 0.3 is 0 Å². The Morgan fingerprint density at radius 3 is 2.64 bits per heavy atom. The SMILES string of the molecule is CC(CN=C(N)Nc1ccccc1)Oc1cccc(Cl)c1.I. The summed E-state index contributed by atoms with van der Waals surface area (Å²) in [6, 6.07) is 16.9. The molecule has 0 radical (unpaired) electrons. The molecular weight excluding hydrogens is 413 g/mol. The van der Waals surface area contributed by atoms with Gasteiger partial charge in [-0.05, 0) is 37.3 Å². The lowest BCUT2D eigenvalue weighted by Gasteiger charge is -2.13. The summed E-state index contributed by atoms with van der Waals surface area (Å²) >= 11 is 5.91. The molecule has 2 aromatic carbocycles. The van der Waals surface area contributed by atoms with Gasteiger partial charge in [0.2, 0.25) is 0 Å². The molecule has 0 aliphatic carbocycles. The van der Waals surface area contributed by atoms with Crippen LogP contribution in [-0.2, 0) is 0 Å². The van der Waals surface area contributed by atoms with Crippen LogP contribution in [-0.4, -0.2) is 18.6 Å². The third kappa shape index (κ3) is 6.53. The van der Waals surface area contributed by atoms with E-state index >= 15 is 0 Å². The van der Waals surface area contributed by atoms with Gasteiger partial charge in [0.05, 0.1) is 6.54 Å². The third-order valence-corrected chi connectivity index (χ3v) is 2.93. The molecule has 2 rings (SSSR count). The fraction of sp³-hybridized carbons (Fsp3) is 0.188. The van der Waals surface area contributed by atoms with Gasteiger partial charge in [0, 0.05) is 10.7 Å². The molecule has 6 heteroatoms. The number of nitrogens with two attached hydrogens (primary N) is 1.